The molecular weight excluding hydrogens is 203 g/mol. The van der Waals surface area contributed by atoms with Crippen LogP contribution < -0.4 is 5.32 Å². The van der Waals surface area contributed by atoms with Gasteiger partial charge in [-0.2, -0.15) is 5.26 Å². The molecule has 0 radical (unpaired) electrons. The maximum absolute atomic E-state index is 12.9. The van der Waals surface area contributed by atoms with Crippen LogP contribution in [0.2, 0.25) is 5.02 Å². The molecular formula is C10H10ClFN2. The Bertz CT molecular complexity index is 346. The second kappa shape index (κ2) is 5.46. The quantitative estimate of drug-likeness (QED) is 0.778. The highest BCUT2D eigenvalue weighted by Gasteiger charge is 1.99. The summed E-state index contributed by atoms with van der Waals surface area (Å²) in [4.78, 5) is 0. The topological polar surface area (TPSA) is 35.8 Å². The lowest BCUT2D eigenvalue weighted by Gasteiger charge is -2.05. The van der Waals surface area contributed by atoms with Gasteiger partial charge in [-0.15, -0.1) is 0 Å². The minimum absolute atomic E-state index is 0.118. The molecule has 2 nitrogen and oxygen atoms in total. The van der Waals surface area contributed by atoms with Gasteiger partial charge in [-0.05, 0) is 24.6 Å². The molecule has 0 bridgehead atoms. The molecule has 0 atom stereocenters. The summed E-state index contributed by atoms with van der Waals surface area (Å²) < 4.78 is 12.9. The fourth-order valence-corrected chi connectivity index (χ4v) is 1.12. The summed E-state index contributed by atoms with van der Waals surface area (Å²) in [6.45, 7) is 0.661. The van der Waals surface area contributed by atoms with Gasteiger partial charge in [0.05, 0.1) is 11.1 Å². The highest BCUT2D eigenvalue weighted by molar-refractivity contribution is 6.30. The molecule has 0 saturated heterocycles. The van der Waals surface area contributed by atoms with Crippen molar-refractivity contribution in [2.75, 3.05) is 11.9 Å². The highest BCUT2D eigenvalue weighted by atomic mass is 35.5. The van der Waals surface area contributed by atoms with Crippen molar-refractivity contribution >= 4 is 17.3 Å². The fourth-order valence-electron chi connectivity index (χ4n) is 1.01. The van der Waals surface area contributed by atoms with E-state index in [1.807, 2.05) is 6.07 Å². The van der Waals surface area contributed by atoms with Crippen molar-refractivity contribution in [3.05, 3.63) is 29.0 Å². The van der Waals surface area contributed by atoms with E-state index in [-0.39, 0.29) is 5.02 Å². The van der Waals surface area contributed by atoms with Crippen molar-refractivity contribution in [2.45, 2.75) is 12.8 Å². The zero-order valence-corrected chi connectivity index (χ0v) is 8.31. The van der Waals surface area contributed by atoms with Crippen molar-refractivity contribution in [3.8, 4) is 6.07 Å². The summed E-state index contributed by atoms with van der Waals surface area (Å²) in [5.41, 5.74) is 0.685. The van der Waals surface area contributed by atoms with E-state index in [4.69, 9.17) is 16.9 Å². The van der Waals surface area contributed by atoms with Gasteiger partial charge >= 0.3 is 0 Å². The molecule has 0 aliphatic heterocycles. The van der Waals surface area contributed by atoms with Crippen LogP contribution in [0.15, 0.2) is 18.2 Å². The molecule has 4 heteroatoms. The highest BCUT2D eigenvalue weighted by Crippen LogP contribution is 2.18. The lowest BCUT2D eigenvalue weighted by Crippen LogP contribution is -2.01. The molecule has 0 aliphatic carbocycles. The first kappa shape index (κ1) is 10.8. The molecule has 0 aliphatic rings. The van der Waals surface area contributed by atoms with Crippen LogP contribution in [-0.4, -0.2) is 6.54 Å². The van der Waals surface area contributed by atoms with Crippen molar-refractivity contribution in [1.82, 2.24) is 0 Å². The van der Waals surface area contributed by atoms with E-state index in [9.17, 15) is 4.39 Å². The lowest BCUT2D eigenvalue weighted by molar-refractivity contribution is 0.628. The SMILES string of the molecule is N#CCCCNc1ccc(Cl)c(F)c1. The minimum Gasteiger partial charge on any atom is -0.385 e. The van der Waals surface area contributed by atoms with Gasteiger partial charge < -0.3 is 5.32 Å². The van der Waals surface area contributed by atoms with Crippen LogP contribution >= 0.6 is 11.6 Å². The minimum atomic E-state index is -0.433. The summed E-state index contributed by atoms with van der Waals surface area (Å²) in [7, 11) is 0. The molecule has 1 rings (SSSR count). The monoisotopic (exact) mass is 212 g/mol. The van der Waals surface area contributed by atoms with E-state index in [2.05, 4.69) is 5.32 Å². The molecule has 0 amide bonds. The van der Waals surface area contributed by atoms with E-state index in [0.717, 1.165) is 6.42 Å². The maximum Gasteiger partial charge on any atom is 0.143 e. The summed E-state index contributed by atoms with van der Waals surface area (Å²) in [5.74, 6) is -0.433. The molecule has 74 valence electrons. The molecule has 0 spiro atoms. The lowest BCUT2D eigenvalue weighted by atomic mass is 10.3. The first-order chi connectivity index (χ1) is 6.74. The van der Waals surface area contributed by atoms with E-state index >= 15 is 0 Å². The summed E-state index contributed by atoms with van der Waals surface area (Å²) in [6, 6.07) is 6.59. The maximum atomic E-state index is 12.9. The molecule has 0 heterocycles. The Morgan fingerprint density at radius 3 is 2.93 bits per heavy atom. The number of nitrogens with one attached hydrogen (secondary N) is 1. The smallest absolute Gasteiger partial charge is 0.143 e. The number of nitrogens with zero attached hydrogens (tertiary/aromatic N) is 1. The number of hydrogen-bond acceptors (Lipinski definition) is 2. The summed E-state index contributed by atoms with van der Waals surface area (Å²) >= 11 is 5.52. The standard InChI is InChI=1S/C10H10ClFN2/c11-9-4-3-8(7-10(9)12)14-6-2-1-5-13/h3-4,7,14H,1-2,6H2. The van der Waals surface area contributed by atoms with Crippen LogP contribution in [0.25, 0.3) is 0 Å². The van der Waals surface area contributed by atoms with Crippen molar-refractivity contribution in [1.29, 1.82) is 5.26 Å². The van der Waals surface area contributed by atoms with Crippen LogP contribution in [0.3, 0.4) is 0 Å². The third-order valence-electron chi connectivity index (χ3n) is 1.71. The Labute approximate surface area is 87.3 Å². The van der Waals surface area contributed by atoms with Crippen molar-refractivity contribution in [3.63, 3.8) is 0 Å². The first-order valence-electron chi connectivity index (χ1n) is 4.30. The molecule has 1 aromatic rings. The summed E-state index contributed by atoms with van der Waals surface area (Å²) in [5, 5.41) is 11.4. The van der Waals surface area contributed by atoms with Crippen LogP contribution in [0.1, 0.15) is 12.8 Å². The molecule has 0 aromatic heterocycles. The van der Waals surface area contributed by atoms with Gasteiger partial charge in [0.1, 0.15) is 5.82 Å². The molecule has 1 N–H and O–H groups in total. The predicted molar refractivity (Wildman–Crippen MR) is 54.7 cm³/mol. The number of benzene rings is 1. The molecule has 0 unspecified atom stereocenters. The second-order valence-electron chi connectivity index (χ2n) is 2.82. The number of halogens is 2. The third-order valence-corrected chi connectivity index (χ3v) is 2.02. The second-order valence-corrected chi connectivity index (χ2v) is 3.22. The Morgan fingerprint density at radius 1 is 1.50 bits per heavy atom. The van der Waals surface area contributed by atoms with Gasteiger partial charge in [0.15, 0.2) is 0 Å². The van der Waals surface area contributed by atoms with Crippen molar-refractivity contribution < 1.29 is 4.39 Å². The average molecular weight is 213 g/mol. The number of rotatable bonds is 4. The number of nitriles is 1. The Balaban J connectivity index is 2.44. The first-order valence-corrected chi connectivity index (χ1v) is 4.67. The zero-order valence-electron chi connectivity index (χ0n) is 7.56. The average Bonchev–Trinajstić information content (AvgIpc) is 2.18. The van der Waals surface area contributed by atoms with Crippen LogP contribution in [0, 0.1) is 17.1 Å². The Kier molecular flexibility index (Phi) is 4.21. The van der Waals surface area contributed by atoms with E-state index in [0.29, 0.717) is 18.7 Å². The number of unbranched alkanes of at least 4 members (excludes halogenated alkanes) is 1. The third kappa shape index (κ3) is 3.23. The van der Waals surface area contributed by atoms with Crippen molar-refractivity contribution in [2.24, 2.45) is 0 Å². The fraction of sp³-hybridized carbons (Fsp3) is 0.300. The number of hydrogen-bond donors (Lipinski definition) is 1. The number of anilines is 1. The summed E-state index contributed by atoms with van der Waals surface area (Å²) in [6.07, 6.45) is 1.25. The van der Waals surface area contributed by atoms with Gasteiger partial charge in [-0.25, -0.2) is 4.39 Å². The van der Waals surface area contributed by atoms with E-state index < -0.39 is 5.82 Å². The van der Waals surface area contributed by atoms with Crippen LogP contribution in [0.4, 0.5) is 10.1 Å². The molecule has 0 saturated carbocycles. The van der Waals surface area contributed by atoms with Crippen LogP contribution in [-0.2, 0) is 0 Å². The van der Waals surface area contributed by atoms with Crippen LogP contribution in [0.5, 0.6) is 0 Å². The molecule has 1 aromatic carbocycles. The van der Waals surface area contributed by atoms with E-state index in [1.54, 1.807) is 6.07 Å². The van der Waals surface area contributed by atoms with Gasteiger partial charge in [0.2, 0.25) is 0 Å². The van der Waals surface area contributed by atoms with Gasteiger partial charge in [-0.1, -0.05) is 11.6 Å². The van der Waals surface area contributed by atoms with Gasteiger partial charge in [0.25, 0.3) is 0 Å². The van der Waals surface area contributed by atoms with E-state index in [1.165, 1.54) is 12.1 Å². The Morgan fingerprint density at radius 2 is 2.29 bits per heavy atom. The largest absolute Gasteiger partial charge is 0.385 e. The molecule has 0 fully saturated rings. The Hall–Kier alpha value is -1.27. The predicted octanol–water partition coefficient (Wildman–Crippen LogP) is 3.19. The van der Waals surface area contributed by atoms with Gasteiger partial charge in [-0.3, -0.25) is 0 Å². The van der Waals surface area contributed by atoms with Gasteiger partial charge in [0, 0.05) is 18.7 Å². The normalized spacial score (nSPS) is 9.50. The molecule has 14 heavy (non-hydrogen) atoms. The zero-order chi connectivity index (χ0) is 10.4.